The number of imide groups is 1. The van der Waals surface area contributed by atoms with Gasteiger partial charge in [-0.15, -0.1) is 0 Å². The van der Waals surface area contributed by atoms with E-state index in [1.165, 1.54) is 4.90 Å². The van der Waals surface area contributed by atoms with E-state index < -0.39 is 11.9 Å². The van der Waals surface area contributed by atoms with Crippen LogP contribution in [0.4, 0.5) is 0 Å². The molecule has 0 aliphatic carbocycles. The van der Waals surface area contributed by atoms with Crippen LogP contribution in [0.2, 0.25) is 0 Å². The van der Waals surface area contributed by atoms with Gasteiger partial charge < -0.3 is 19.1 Å². The number of amides is 4. The monoisotopic (exact) mass is 528 g/mol. The first-order valence-electron chi connectivity index (χ1n) is 13.6. The fourth-order valence-electron chi connectivity index (χ4n) is 6.21. The topological polar surface area (TPSA) is 101 Å². The molecular weight excluding hydrogens is 496 g/mol. The summed E-state index contributed by atoms with van der Waals surface area (Å²) in [4.78, 5) is 54.2. The summed E-state index contributed by atoms with van der Waals surface area (Å²) in [6, 6.07) is 12.7. The summed E-state index contributed by atoms with van der Waals surface area (Å²) in [5.41, 5.74) is 4.10. The molecule has 1 aromatic heterocycles. The third kappa shape index (κ3) is 4.35. The van der Waals surface area contributed by atoms with Gasteiger partial charge in [0.15, 0.2) is 0 Å². The number of benzene rings is 2. The lowest BCUT2D eigenvalue weighted by molar-refractivity contribution is -0.136. The minimum absolute atomic E-state index is 0.0389. The van der Waals surface area contributed by atoms with Gasteiger partial charge in [0, 0.05) is 48.7 Å². The van der Waals surface area contributed by atoms with E-state index in [0.29, 0.717) is 37.4 Å². The van der Waals surface area contributed by atoms with Gasteiger partial charge >= 0.3 is 0 Å². The summed E-state index contributed by atoms with van der Waals surface area (Å²) in [5, 5.41) is 3.30. The number of aryl methyl sites for hydroxylation is 1. The molecule has 2 aromatic carbocycles. The summed E-state index contributed by atoms with van der Waals surface area (Å²) in [7, 11) is 1.99. The smallest absolute Gasteiger partial charge is 0.256 e. The summed E-state index contributed by atoms with van der Waals surface area (Å²) in [6.45, 7) is 3.34. The molecule has 0 saturated carbocycles. The second-order valence-electron chi connectivity index (χ2n) is 10.7. The first-order chi connectivity index (χ1) is 18.8. The number of hydrogen-bond acceptors (Lipinski definition) is 5. The van der Waals surface area contributed by atoms with E-state index >= 15 is 0 Å². The lowest BCUT2D eigenvalue weighted by Crippen LogP contribution is -2.52. The molecule has 3 aliphatic heterocycles. The van der Waals surface area contributed by atoms with Crippen molar-refractivity contribution in [3.8, 4) is 5.75 Å². The zero-order valence-electron chi connectivity index (χ0n) is 22.2. The number of nitrogens with zero attached hydrogens (tertiary/aromatic N) is 3. The van der Waals surface area contributed by atoms with Crippen molar-refractivity contribution >= 4 is 34.5 Å². The quantitative estimate of drug-likeness (QED) is 0.512. The van der Waals surface area contributed by atoms with Crippen molar-refractivity contribution in [2.24, 2.45) is 7.05 Å². The Balaban J connectivity index is 1.17. The molecule has 2 saturated heterocycles. The molecule has 1 unspecified atom stereocenters. The number of carbonyl (C=O) groups excluding carboxylic acids is 4. The normalized spacial score (nSPS) is 21.3. The molecule has 0 spiro atoms. The maximum atomic E-state index is 13.9. The molecule has 9 heteroatoms. The Labute approximate surface area is 226 Å². The van der Waals surface area contributed by atoms with Crippen molar-refractivity contribution in [1.29, 1.82) is 0 Å². The number of ether oxygens (including phenoxy) is 1. The Hall–Kier alpha value is -4.14. The number of piperidine rings is 2. The Bertz CT molecular complexity index is 1510. The van der Waals surface area contributed by atoms with Crippen LogP contribution in [-0.2, 0) is 23.2 Å². The van der Waals surface area contributed by atoms with E-state index in [9.17, 15) is 19.2 Å². The maximum absolute atomic E-state index is 13.9. The molecule has 39 heavy (non-hydrogen) atoms. The van der Waals surface area contributed by atoms with Crippen LogP contribution in [0, 0.1) is 6.92 Å². The van der Waals surface area contributed by atoms with Gasteiger partial charge in [-0.05, 0) is 62.4 Å². The second kappa shape index (κ2) is 9.87. The number of aromatic nitrogens is 1. The van der Waals surface area contributed by atoms with Crippen LogP contribution in [-0.4, -0.2) is 63.2 Å². The molecule has 4 heterocycles. The van der Waals surface area contributed by atoms with Gasteiger partial charge in [-0.25, -0.2) is 0 Å². The van der Waals surface area contributed by atoms with E-state index in [2.05, 4.69) is 9.88 Å². The van der Waals surface area contributed by atoms with Gasteiger partial charge in [-0.1, -0.05) is 18.2 Å². The third-order valence-electron chi connectivity index (χ3n) is 8.44. The highest BCUT2D eigenvalue weighted by atomic mass is 16.5. The Kier molecular flexibility index (Phi) is 6.37. The van der Waals surface area contributed by atoms with E-state index in [4.69, 9.17) is 4.74 Å². The molecule has 2 fully saturated rings. The zero-order chi connectivity index (χ0) is 27.3. The maximum Gasteiger partial charge on any atom is 0.256 e. The molecule has 2 atom stereocenters. The molecule has 1 N–H and O–H groups in total. The van der Waals surface area contributed by atoms with E-state index in [0.717, 1.165) is 47.0 Å². The predicted octanol–water partition coefficient (Wildman–Crippen LogP) is 3.32. The van der Waals surface area contributed by atoms with Crippen molar-refractivity contribution in [3.05, 3.63) is 64.8 Å². The molecule has 202 valence electrons. The van der Waals surface area contributed by atoms with Crippen molar-refractivity contribution in [2.45, 2.75) is 57.7 Å². The van der Waals surface area contributed by atoms with Gasteiger partial charge in [-0.2, -0.15) is 0 Å². The highest BCUT2D eigenvalue weighted by Crippen LogP contribution is 2.32. The average molecular weight is 529 g/mol. The first kappa shape index (κ1) is 25.2. The SMILES string of the molecule is Cc1c(C(=O)N2CCCC[C@H]2COc2ccc3c(c2)CN(C2CCC(=O)NC2=O)C3=O)c2ccccc2n1C. The van der Waals surface area contributed by atoms with Crippen LogP contribution in [0.15, 0.2) is 42.5 Å². The number of para-hydroxylation sites is 1. The van der Waals surface area contributed by atoms with Gasteiger partial charge in [0.2, 0.25) is 11.8 Å². The molecule has 3 aromatic rings. The first-order valence-corrected chi connectivity index (χ1v) is 13.6. The zero-order valence-corrected chi connectivity index (χ0v) is 22.2. The third-order valence-corrected chi connectivity index (χ3v) is 8.44. The predicted molar refractivity (Wildman–Crippen MR) is 144 cm³/mol. The van der Waals surface area contributed by atoms with E-state index in [-0.39, 0.29) is 30.2 Å². The molecule has 9 nitrogen and oxygen atoms in total. The highest BCUT2D eigenvalue weighted by molar-refractivity contribution is 6.08. The van der Waals surface area contributed by atoms with Crippen LogP contribution in [0.1, 0.15) is 64.1 Å². The number of hydrogen-bond donors (Lipinski definition) is 1. The van der Waals surface area contributed by atoms with Crippen molar-refractivity contribution in [3.63, 3.8) is 0 Å². The number of nitrogens with one attached hydrogen (secondary N) is 1. The van der Waals surface area contributed by atoms with Crippen LogP contribution in [0.5, 0.6) is 5.75 Å². The number of carbonyl (C=O) groups is 4. The van der Waals surface area contributed by atoms with Crippen LogP contribution < -0.4 is 10.1 Å². The van der Waals surface area contributed by atoms with E-state index in [1.807, 2.05) is 49.2 Å². The van der Waals surface area contributed by atoms with Gasteiger partial charge in [-0.3, -0.25) is 24.5 Å². The summed E-state index contributed by atoms with van der Waals surface area (Å²) in [5.74, 6) is -0.266. The molecule has 0 bridgehead atoms. The standard InChI is InChI=1S/C30H32N4O5/c1-18-27(23-8-3-4-9-24(23)32(18)2)30(38)33-14-6-5-7-20(33)17-39-21-10-11-22-19(15-21)16-34(29(22)37)25-12-13-26(35)31-28(25)36/h3-4,8-11,15,20,25H,5-7,12-14,16-17H2,1-2H3,(H,31,35,36)/t20-,25?/m0/s1. The van der Waals surface area contributed by atoms with Crippen LogP contribution in [0.3, 0.4) is 0 Å². The number of fused-ring (bicyclic) bond motifs is 2. The van der Waals surface area contributed by atoms with Crippen molar-refractivity contribution in [1.82, 2.24) is 19.7 Å². The minimum Gasteiger partial charge on any atom is -0.491 e. The average Bonchev–Trinajstić information content (AvgIpc) is 3.40. The van der Waals surface area contributed by atoms with E-state index in [1.54, 1.807) is 12.1 Å². The number of likely N-dealkylation sites (tertiary alicyclic amines) is 1. The number of rotatable bonds is 5. The molecule has 6 rings (SSSR count). The van der Waals surface area contributed by atoms with Gasteiger partial charge in [0.1, 0.15) is 18.4 Å². The van der Waals surface area contributed by atoms with Gasteiger partial charge in [0.25, 0.3) is 11.8 Å². The Morgan fingerprint density at radius 1 is 1.08 bits per heavy atom. The fraction of sp³-hybridized carbons (Fsp3) is 0.400. The lowest BCUT2D eigenvalue weighted by atomic mass is 10.0. The summed E-state index contributed by atoms with van der Waals surface area (Å²) in [6.07, 6.45) is 3.41. The van der Waals surface area contributed by atoms with Crippen molar-refractivity contribution in [2.75, 3.05) is 13.2 Å². The summed E-state index contributed by atoms with van der Waals surface area (Å²) >= 11 is 0. The molecule has 3 aliphatic rings. The lowest BCUT2D eigenvalue weighted by Gasteiger charge is -2.35. The second-order valence-corrected chi connectivity index (χ2v) is 10.7. The minimum atomic E-state index is -0.647. The largest absolute Gasteiger partial charge is 0.491 e. The molecule has 4 amide bonds. The molecule has 0 radical (unpaired) electrons. The Morgan fingerprint density at radius 2 is 1.90 bits per heavy atom. The molecular formula is C30H32N4O5. The fourth-order valence-corrected chi connectivity index (χ4v) is 6.21. The highest BCUT2D eigenvalue weighted by Gasteiger charge is 2.39. The van der Waals surface area contributed by atoms with Crippen LogP contribution >= 0.6 is 0 Å². The summed E-state index contributed by atoms with van der Waals surface area (Å²) < 4.78 is 8.28. The Morgan fingerprint density at radius 3 is 2.72 bits per heavy atom. The van der Waals surface area contributed by atoms with Gasteiger partial charge in [0.05, 0.1) is 11.6 Å². The van der Waals surface area contributed by atoms with Crippen LogP contribution in [0.25, 0.3) is 10.9 Å². The van der Waals surface area contributed by atoms with Crippen molar-refractivity contribution < 1.29 is 23.9 Å².